The zero-order chi connectivity index (χ0) is 27.2. The van der Waals surface area contributed by atoms with E-state index < -0.39 is 46.7 Å². The minimum absolute atomic E-state index is 0.00837. The second-order valence-corrected chi connectivity index (χ2v) is 9.44. The summed E-state index contributed by atoms with van der Waals surface area (Å²) < 4.78 is 85.5. The smallest absolute Gasteiger partial charge is 0.377 e. The van der Waals surface area contributed by atoms with Gasteiger partial charge in [-0.05, 0) is 49.6 Å². The van der Waals surface area contributed by atoms with Crippen molar-refractivity contribution in [3.05, 3.63) is 70.3 Å². The molecule has 0 bridgehead atoms. The highest BCUT2D eigenvalue weighted by atomic mass is 19.4. The normalized spacial score (nSPS) is 22.7. The molecule has 4 rings (SSSR count). The molecule has 0 aromatic heterocycles. The van der Waals surface area contributed by atoms with Gasteiger partial charge in [-0.3, -0.25) is 4.79 Å². The molecule has 0 saturated carbocycles. The number of alkyl halides is 6. The summed E-state index contributed by atoms with van der Waals surface area (Å²) in [6.45, 7) is 4.19. The molecule has 1 saturated heterocycles. The first-order valence-corrected chi connectivity index (χ1v) is 11.6. The number of aliphatic hydroxyl groups excluding tert-OH is 1. The van der Waals surface area contributed by atoms with Crippen LogP contribution in [0.15, 0.2) is 48.0 Å². The number of aryl methyl sites for hydroxylation is 2. The number of rotatable bonds is 4. The summed E-state index contributed by atoms with van der Waals surface area (Å²) in [5.74, 6) is -0.791. The van der Waals surface area contributed by atoms with E-state index in [1.807, 2.05) is 32.0 Å². The highest BCUT2D eigenvalue weighted by Crippen LogP contribution is 2.47. The van der Waals surface area contributed by atoms with Crippen molar-refractivity contribution in [2.75, 3.05) is 30.0 Å². The Morgan fingerprint density at radius 3 is 2.16 bits per heavy atom. The second kappa shape index (κ2) is 9.68. The Hall–Kier alpha value is -3.05. The van der Waals surface area contributed by atoms with E-state index in [-0.39, 0.29) is 25.6 Å². The van der Waals surface area contributed by atoms with Crippen LogP contribution in [-0.4, -0.2) is 37.0 Å². The van der Waals surface area contributed by atoms with Crippen LogP contribution in [0.5, 0.6) is 0 Å². The number of benzene rings is 2. The van der Waals surface area contributed by atoms with Crippen LogP contribution in [0.3, 0.4) is 0 Å². The van der Waals surface area contributed by atoms with Crippen molar-refractivity contribution in [3.8, 4) is 0 Å². The zero-order valence-corrected chi connectivity index (χ0v) is 20.1. The summed E-state index contributed by atoms with van der Waals surface area (Å²) in [6.07, 6.45) is -9.28. The molecular formula is C26H26F6N2O3. The number of nitrogens with one attached hydrogen (secondary N) is 1. The van der Waals surface area contributed by atoms with Crippen LogP contribution < -0.4 is 10.2 Å². The largest absolute Gasteiger partial charge is 0.416 e. The molecule has 11 heteroatoms. The van der Waals surface area contributed by atoms with Crippen molar-refractivity contribution in [2.45, 2.75) is 45.3 Å². The van der Waals surface area contributed by atoms with Crippen LogP contribution in [0.2, 0.25) is 0 Å². The molecule has 2 N–H and O–H groups in total. The van der Waals surface area contributed by atoms with Gasteiger partial charge in [0.1, 0.15) is 6.23 Å². The molecule has 2 aromatic rings. The van der Waals surface area contributed by atoms with E-state index in [9.17, 15) is 36.2 Å². The Bertz CT molecular complexity index is 1170. The number of aliphatic hydroxyl groups is 1. The summed E-state index contributed by atoms with van der Waals surface area (Å²) in [7, 11) is 0. The maximum absolute atomic E-state index is 13.8. The Balaban J connectivity index is 1.76. The van der Waals surface area contributed by atoms with Gasteiger partial charge < -0.3 is 20.1 Å². The lowest BCUT2D eigenvalue weighted by Gasteiger charge is -2.33. The molecule has 1 amide bonds. The van der Waals surface area contributed by atoms with Crippen LogP contribution >= 0.6 is 0 Å². The summed E-state index contributed by atoms with van der Waals surface area (Å²) in [5, 5.41) is 13.4. The Labute approximate surface area is 209 Å². The average Bonchev–Trinajstić information content (AvgIpc) is 3.16. The number of carbonyl (C=O) groups is 1. The standard InChI is InChI=1S/C26H26F6N2O3/c1-15-4-3-5-16(2)22(15)34-14-24(13-21(34)35,17-6-8-37-9-7-17)23(36)33-20-11-18(25(27,28)29)10-19(12-20)26(30,31)32/h3-6,10-12,21,35H,7-9,13-14H2,1-2H3,(H,33,36). The van der Waals surface area contributed by atoms with Crippen molar-refractivity contribution >= 4 is 17.3 Å². The lowest BCUT2D eigenvalue weighted by Crippen LogP contribution is -2.42. The second-order valence-electron chi connectivity index (χ2n) is 9.44. The van der Waals surface area contributed by atoms with Crippen molar-refractivity contribution < 1.29 is 41.0 Å². The number of amides is 1. The maximum Gasteiger partial charge on any atom is 0.416 e. The number of hydrogen-bond acceptors (Lipinski definition) is 4. The lowest BCUT2D eigenvalue weighted by atomic mass is 9.75. The predicted molar refractivity (Wildman–Crippen MR) is 125 cm³/mol. The Morgan fingerprint density at radius 2 is 1.65 bits per heavy atom. The third-order valence-electron chi connectivity index (χ3n) is 6.92. The average molecular weight is 528 g/mol. The number of carbonyl (C=O) groups excluding carboxylic acids is 1. The minimum atomic E-state index is -5.05. The molecule has 2 heterocycles. The van der Waals surface area contributed by atoms with Gasteiger partial charge in [-0.1, -0.05) is 29.8 Å². The number of anilines is 2. The highest BCUT2D eigenvalue weighted by molar-refractivity contribution is 5.99. The molecule has 0 spiro atoms. The highest BCUT2D eigenvalue weighted by Gasteiger charge is 2.52. The molecular weight excluding hydrogens is 502 g/mol. The van der Waals surface area contributed by atoms with Gasteiger partial charge in [0.05, 0.1) is 29.8 Å². The first-order valence-electron chi connectivity index (χ1n) is 11.6. The molecule has 1 fully saturated rings. The molecule has 2 aliphatic rings. The fourth-order valence-electron chi connectivity index (χ4n) is 5.15. The van der Waals surface area contributed by atoms with Gasteiger partial charge in [-0.15, -0.1) is 0 Å². The number of halogens is 6. The van der Waals surface area contributed by atoms with E-state index in [0.717, 1.165) is 16.8 Å². The molecule has 200 valence electrons. The van der Waals surface area contributed by atoms with Crippen molar-refractivity contribution in [1.29, 1.82) is 0 Å². The topological polar surface area (TPSA) is 61.8 Å². The van der Waals surface area contributed by atoms with Gasteiger partial charge in [0.25, 0.3) is 0 Å². The molecule has 2 aromatic carbocycles. The Kier molecular flexibility index (Phi) is 7.06. The van der Waals surface area contributed by atoms with Gasteiger partial charge in [0.2, 0.25) is 5.91 Å². The number of ether oxygens (including phenoxy) is 1. The molecule has 2 unspecified atom stereocenters. The van der Waals surface area contributed by atoms with E-state index in [4.69, 9.17) is 4.74 Å². The van der Waals surface area contributed by atoms with Crippen LogP contribution in [-0.2, 0) is 21.9 Å². The summed E-state index contributed by atoms with van der Waals surface area (Å²) in [5.41, 5.74) is -2.04. The van der Waals surface area contributed by atoms with E-state index in [1.54, 1.807) is 11.0 Å². The van der Waals surface area contributed by atoms with Crippen molar-refractivity contribution in [3.63, 3.8) is 0 Å². The monoisotopic (exact) mass is 528 g/mol. The first kappa shape index (κ1) is 27.0. The van der Waals surface area contributed by atoms with Gasteiger partial charge in [0.15, 0.2) is 0 Å². The van der Waals surface area contributed by atoms with Crippen molar-refractivity contribution in [2.24, 2.45) is 5.41 Å². The summed E-state index contributed by atoms with van der Waals surface area (Å²) in [6, 6.07) is 6.52. The third-order valence-corrected chi connectivity index (χ3v) is 6.92. The molecule has 0 aliphatic carbocycles. The molecule has 2 aliphatic heterocycles. The molecule has 0 radical (unpaired) electrons. The number of para-hydroxylation sites is 1. The quantitative estimate of drug-likeness (QED) is 0.387. The van der Waals surface area contributed by atoms with E-state index in [1.165, 1.54) is 0 Å². The SMILES string of the molecule is Cc1cccc(C)c1N1CC(C(=O)Nc2cc(C(F)(F)F)cc(C(F)(F)F)c2)(C2=CCOCC2)CC1O. The van der Waals surface area contributed by atoms with Crippen LogP contribution in [0.25, 0.3) is 0 Å². The van der Waals surface area contributed by atoms with Gasteiger partial charge in [-0.25, -0.2) is 0 Å². The molecule has 37 heavy (non-hydrogen) atoms. The minimum Gasteiger partial charge on any atom is -0.377 e. The Morgan fingerprint density at radius 1 is 1.05 bits per heavy atom. The van der Waals surface area contributed by atoms with Crippen molar-refractivity contribution in [1.82, 2.24) is 0 Å². The van der Waals surface area contributed by atoms with Gasteiger partial charge in [-0.2, -0.15) is 26.3 Å². The van der Waals surface area contributed by atoms with E-state index in [2.05, 4.69) is 5.32 Å². The fraction of sp³-hybridized carbons (Fsp3) is 0.423. The number of nitrogens with zero attached hydrogens (tertiary/aromatic N) is 1. The number of hydrogen-bond donors (Lipinski definition) is 2. The fourth-order valence-corrected chi connectivity index (χ4v) is 5.15. The van der Waals surface area contributed by atoms with E-state index in [0.29, 0.717) is 30.7 Å². The van der Waals surface area contributed by atoms with Gasteiger partial charge >= 0.3 is 12.4 Å². The molecule has 5 nitrogen and oxygen atoms in total. The summed E-state index contributed by atoms with van der Waals surface area (Å²) >= 11 is 0. The van der Waals surface area contributed by atoms with Crippen LogP contribution in [0, 0.1) is 19.3 Å². The first-order chi connectivity index (χ1) is 17.2. The lowest BCUT2D eigenvalue weighted by molar-refractivity contribution is -0.143. The van der Waals surface area contributed by atoms with Crippen LogP contribution in [0.1, 0.15) is 35.1 Å². The third kappa shape index (κ3) is 5.33. The van der Waals surface area contributed by atoms with E-state index >= 15 is 0 Å². The predicted octanol–water partition coefficient (Wildman–Crippen LogP) is 5.84. The summed E-state index contributed by atoms with van der Waals surface area (Å²) in [4.78, 5) is 15.4. The maximum atomic E-state index is 13.8. The van der Waals surface area contributed by atoms with Gasteiger partial charge in [0, 0.05) is 24.3 Å². The molecule has 2 atom stereocenters. The van der Waals surface area contributed by atoms with Crippen LogP contribution in [0.4, 0.5) is 37.7 Å². The zero-order valence-electron chi connectivity index (χ0n) is 20.1.